The fourth-order valence-electron chi connectivity index (χ4n) is 4.96. The van der Waals surface area contributed by atoms with E-state index in [4.69, 9.17) is 0 Å². The van der Waals surface area contributed by atoms with E-state index in [0.717, 1.165) is 29.5 Å². The Labute approximate surface area is 236 Å². The lowest BCUT2D eigenvalue weighted by Crippen LogP contribution is -2.51. The molecule has 206 valence electrons. The maximum absolute atomic E-state index is 14.9. The van der Waals surface area contributed by atoms with E-state index >= 15 is 0 Å². The second-order valence-electron chi connectivity index (χ2n) is 10.0. The molecule has 0 bridgehead atoms. The number of carbonyl (C=O) groups excluding carboxylic acids is 2. The van der Waals surface area contributed by atoms with Crippen molar-refractivity contribution in [1.29, 1.82) is 0 Å². The smallest absolute Gasteiger partial charge is 0.243 e. The highest BCUT2D eigenvalue weighted by Gasteiger charge is 2.32. The molecule has 0 aliphatic rings. The lowest BCUT2D eigenvalue weighted by atomic mass is 9.87. The van der Waals surface area contributed by atoms with Gasteiger partial charge in [0, 0.05) is 37.4 Å². The fourth-order valence-corrected chi connectivity index (χ4v) is 4.96. The van der Waals surface area contributed by atoms with Crippen LogP contribution >= 0.6 is 0 Å². The highest BCUT2D eigenvalue weighted by Crippen LogP contribution is 2.30. The molecule has 0 radical (unpaired) electrons. The lowest BCUT2D eigenvalue weighted by molar-refractivity contribution is -0.141. The highest BCUT2D eigenvalue weighted by molar-refractivity contribution is 5.88. The van der Waals surface area contributed by atoms with E-state index < -0.39 is 11.9 Å². The first kappa shape index (κ1) is 28.8. The average molecular weight is 537 g/mol. The maximum atomic E-state index is 14.9. The Morgan fingerprint density at radius 3 is 1.90 bits per heavy atom. The Hall–Kier alpha value is -4.25. The van der Waals surface area contributed by atoms with Crippen LogP contribution in [0.25, 0.3) is 0 Å². The zero-order chi connectivity index (χ0) is 28.2. The first-order chi connectivity index (χ1) is 19.6. The number of rotatable bonds is 13. The zero-order valence-corrected chi connectivity index (χ0v) is 23.0. The summed E-state index contributed by atoms with van der Waals surface area (Å²) in [6.07, 6.45) is 2.27. The summed E-state index contributed by atoms with van der Waals surface area (Å²) in [6.45, 7) is 2.59. The number of hydrogen-bond acceptors (Lipinski definition) is 2. The van der Waals surface area contributed by atoms with Gasteiger partial charge in [-0.2, -0.15) is 0 Å². The first-order valence-corrected chi connectivity index (χ1v) is 14.0. The van der Waals surface area contributed by atoms with Gasteiger partial charge in [0.2, 0.25) is 11.8 Å². The van der Waals surface area contributed by atoms with Gasteiger partial charge < -0.3 is 10.2 Å². The SMILES string of the molecule is CCCCNC(=O)[C@H](Cc1ccccc1)N(Cc1ccccc1F)C(=O)CC(c1ccccc1)c1ccccc1. The van der Waals surface area contributed by atoms with Gasteiger partial charge in [-0.05, 0) is 29.2 Å². The Morgan fingerprint density at radius 1 is 0.775 bits per heavy atom. The van der Waals surface area contributed by atoms with E-state index in [1.165, 1.54) is 6.07 Å². The van der Waals surface area contributed by atoms with Crippen LogP contribution in [0.1, 0.15) is 54.4 Å². The molecule has 0 heterocycles. The number of hydrogen-bond donors (Lipinski definition) is 1. The predicted molar refractivity (Wildman–Crippen MR) is 158 cm³/mol. The Kier molecular flexibility index (Phi) is 10.6. The van der Waals surface area contributed by atoms with Crippen LogP contribution in [0.4, 0.5) is 4.39 Å². The molecule has 5 heteroatoms. The van der Waals surface area contributed by atoms with Crippen molar-refractivity contribution in [3.8, 4) is 0 Å². The van der Waals surface area contributed by atoms with E-state index in [1.54, 1.807) is 23.1 Å². The Morgan fingerprint density at radius 2 is 1.32 bits per heavy atom. The van der Waals surface area contributed by atoms with Gasteiger partial charge in [-0.1, -0.05) is 123 Å². The molecule has 0 unspecified atom stereocenters. The van der Waals surface area contributed by atoms with Crippen molar-refractivity contribution in [1.82, 2.24) is 10.2 Å². The minimum Gasteiger partial charge on any atom is -0.354 e. The summed E-state index contributed by atoms with van der Waals surface area (Å²) in [4.78, 5) is 29.6. The second kappa shape index (κ2) is 14.8. The maximum Gasteiger partial charge on any atom is 0.243 e. The summed E-state index contributed by atoms with van der Waals surface area (Å²) in [5, 5.41) is 3.03. The van der Waals surface area contributed by atoms with Gasteiger partial charge in [0.1, 0.15) is 11.9 Å². The van der Waals surface area contributed by atoms with Crippen LogP contribution in [0, 0.1) is 5.82 Å². The highest BCUT2D eigenvalue weighted by atomic mass is 19.1. The van der Waals surface area contributed by atoms with Gasteiger partial charge in [-0.25, -0.2) is 4.39 Å². The van der Waals surface area contributed by atoms with Gasteiger partial charge in [0.25, 0.3) is 0 Å². The van der Waals surface area contributed by atoms with Crippen molar-refractivity contribution in [2.24, 2.45) is 0 Å². The third-order valence-corrected chi connectivity index (χ3v) is 7.18. The first-order valence-electron chi connectivity index (χ1n) is 14.0. The third-order valence-electron chi connectivity index (χ3n) is 7.18. The van der Waals surface area contributed by atoms with E-state index in [1.807, 2.05) is 91.0 Å². The molecule has 2 amide bonds. The van der Waals surface area contributed by atoms with Crippen LogP contribution in [0.3, 0.4) is 0 Å². The second-order valence-corrected chi connectivity index (χ2v) is 10.0. The number of unbranched alkanes of at least 4 members (excludes halogenated alkanes) is 1. The van der Waals surface area contributed by atoms with Gasteiger partial charge >= 0.3 is 0 Å². The average Bonchev–Trinajstić information content (AvgIpc) is 3.00. The molecular formula is C35H37FN2O2. The predicted octanol–water partition coefficient (Wildman–Crippen LogP) is 6.90. The lowest BCUT2D eigenvalue weighted by Gasteiger charge is -2.33. The van der Waals surface area contributed by atoms with Gasteiger partial charge in [-0.3, -0.25) is 9.59 Å². The molecule has 4 rings (SSSR count). The van der Waals surface area contributed by atoms with Crippen LogP contribution in [0.5, 0.6) is 0 Å². The molecule has 0 aromatic heterocycles. The molecule has 0 aliphatic carbocycles. The number of amides is 2. The molecule has 0 aliphatic heterocycles. The molecule has 4 nitrogen and oxygen atoms in total. The van der Waals surface area contributed by atoms with Crippen LogP contribution in [0.15, 0.2) is 115 Å². The van der Waals surface area contributed by atoms with Crippen molar-refractivity contribution in [3.05, 3.63) is 143 Å². The molecule has 0 fully saturated rings. The van der Waals surface area contributed by atoms with Crippen LogP contribution in [-0.4, -0.2) is 29.3 Å². The van der Waals surface area contributed by atoms with Gasteiger partial charge in [0.15, 0.2) is 0 Å². The monoisotopic (exact) mass is 536 g/mol. The van der Waals surface area contributed by atoms with Crippen LogP contribution in [0.2, 0.25) is 0 Å². The van der Waals surface area contributed by atoms with Gasteiger partial charge in [-0.15, -0.1) is 0 Å². The topological polar surface area (TPSA) is 49.4 Å². The van der Waals surface area contributed by atoms with Crippen molar-refractivity contribution in [3.63, 3.8) is 0 Å². The van der Waals surface area contributed by atoms with Crippen molar-refractivity contribution in [2.75, 3.05) is 6.54 Å². The third kappa shape index (κ3) is 7.89. The van der Waals surface area contributed by atoms with E-state index in [-0.39, 0.29) is 30.7 Å². The zero-order valence-electron chi connectivity index (χ0n) is 23.0. The summed E-state index contributed by atoms with van der Waals surface area (Å²) < 4.78 is 14.9. The Balaban J connectivity index is 1.72. The number of benzene rings is 4. The van der Waals surface area contributed by atoms with Crippen molar-refractivity contribution >= 4 is 11.8 Å². The summed E-state index contributed by atoms with van der Waals surface area (Å²) in [7, 11) is 0. The number of halogens is 1. The molecule has 4 aromatic rings. The summed E-state index contributed by atoms with van der Waals surface area (Å²) >= 11 is 0. The Bertz CT molecular complexity index is 1310. The number of carbonyl (C=O) groups is 2. The minimum absolute atomic E-state index is 0.000500. The van der Waals surface area contributed by atoms with Crippen molar-refractivity contribution < 1.29 is 14.0 Å². The van der Waals surface area contributed by atoms with Crippen LogP contribution < -0.4 is 5.32 Å². The minimum atomic E-state index is -0.793. The van der Waals surface area contributed by atoms with Crippen molar-refractivity contribution in [2.45, 2.75) is 51.1 Å². The molecule has 0 spiro atoms. The normalized spacial score (nSPS) is 11.7. The van der Waals surface area contributed by atoms with E-state index in [2.05, 4.69) is 12.2 Å². The standard InChI is InChI=1S/C35H37FN2O2/c1-2-3-23-37-35(40)33(24-27-15-7-4-8-16-27)38(26-30-21-13-14-22-32(30)36)34(39)25-31(28-17-9-5-10-18-28)29-19-11-6-12-20-29/h4-22,31,33H,2-3,23-26H2,1H3,(H,37,40)/t33-/m0/s1. The summed E-state index contributed by atoms with van der Waals surface area (Å²) in [6, 6.07) is 35.2. The summed E-state index contributed by atoms with van der Waals surface area (Å²) in [5.74, 6) is -1.03. The number of nitrogens with zero attached hydrogens (tertiary/aromatic N) is 1. The summed E-state index contributed by atoms with van der Waals surface area (Å²) in [5.41, 5.74) is 3.35. The van der Waals surface area contributed by atoms with Gasteiger partial charge in [0.05, 0.1) is 0 Å². The molecule has 1 atom stereocenters. The molecule has 0 saturated heterocycles. The van der Waals surface area contributed by atoms with E-state index in [9.17, 15) is 14.0 Å². The molecule has 4 aromatic carbocycles. The molecule has 0 saturated carbocycles. The largest absolute Gasteiger partial charge is 0.354 e. The van der Waals surface area contributed by atoms with E-state index in [0.29, 0.717) is 18.5 Å². The molecular weight excluding hydrogens is 499 g/mol. The quantitative estimate of drug-likeness (QED) is 0.189. The number of nitrogens with one attached hydrogen (secondary N) is 1. The fraction of sp³-hybridized carbons (Fsp3) is 0.257. The molecule has 1 N–H and O–H groups in total. The molecule has 40 heavy (non-hydrogen) atoms. The van der Waals surface area contributed by atoms with Crippen LogP contribution in [-0.2, 0) is 22.6 Å².